The van der Waals surface area contributed by atoms with E-state index in [1.165, 1.54) is 12.8 Å². The molecule has 1 heteroatoms. The summed E-state index contributed by atoms with van der Waals surface area (Å²) in [4.78, 5) is 0. The maximum atomic E-state index is 3.78. The van der Waals surface area contributed by atoms with Crippen LogP contribution in [0.25, 0.3) is 0 Å². The highest BCUT2D eigenvalue weighted by atomic mass is 14.9. The number of hydrogen-bond acceptors (Lipinski definition) is 1. The molecule has 0 aliphatic rings. The van der Waals surface area contributed by atoms with Crippen molar-refractivity contribution >= 4 is 0 Å². The Labute approximate surface area is 97.0 Å². The maximum absolute atomic E-state index is 3.78. The smallest absolute Gasteiger partial charge is 0.00745 e. The van der Waals surface area contributed by atoms with E-state index in [0.29, 0.717) is 12.1 Å². The molecule has 1 atom stereocenters. The molecule has 1 nitrogen and oxygen atoms in total. The van der Waals surface area contributed by atoms with Crippen molar-refractivity contribution in [2.75, 3.05) is 0 Å². The molecule has 0 saturated heterocycles. The number of rotatable bonds is 7. The molecule has 0 aromatic rings. The molecule has 0 saturated carbocycles. The highest BCUT2D eigenvalue weighted by molar-refractivity contribution is 4.75. The van der Waals surface area contributed by atoms with Gasteiger partial charge in [0.2, 0.25) is 0 Å². The van der Waals surface area contributed by atoms with Gasteiger partial charge in [0.1, 0.15) is 0 Å². The Morgan fingerprint density at radius 2 is 1.13 bits per heavy atom. The van der Waals surface area contributed by atoms with Gasteiger partial charge in [-0.1, -0.05) is 41.5 Å². The van der Waals surface area contributed by atoms with E-state index in [4.69, 9.17) is 0 Å². The summed E-state index contributed by atoms with van der Waals surface area (Å²) in [6, 6.07) is 1.33. The molecule has 0 fully saturated rings. The minimum absolute atomic E-state index is 0.632. The zero-order valence-corrected chi connectivity index (χ0v) is 11.8. The van der Waals surface area contributed by atoms with E-state index >= 15 is 0 Å². The lowest BCUT2D eigenvalue weighted by Gasteiger charge is -2.28. The molecule has 0 radical (unpaired) electrons. The van der Waals surface area contributed by atoms with Gasteiger partial charge in [0.25, 0.3) is 0 Å². The average Bonchev–Trinajstić information content (AvgIpc) is 2.00. The molecule has 0 aromatic heterocycles. The highest BCUT2D eigenvalue weighted by Crippen LogP contribution is 2.15. The summed E-state index contributed by atoms with van der Waals surface area (Å²) in [7, 11) is 0. The van der Waals surface area contributed by atoms with Crippen molar-refractivity contribution in [1.82, 2.24) is 5.32 Å². The van der Waals surface area contributed by atoms with Gasteiger partial charge in [-0.2, -0.15) is 0 Å². The molecular weight excluding hydrogens is 182 g/mol. The van der Waals surface area contributed by atoms with Gasteiger partial charge in [0.05, 0.1) is 0 Å². The van der Waals surface area contributed by atoms with E-state index in [1.807, 2.05) is 0 Å². The van der Waals surface area contributed by atoms with Crippen molar-refractivity contribution in [2.24, 2.45) is 17.8 Å². The second-order valence-electron chi connectivity index (χ2n) is 6.16. The molecule has 0 aliphatic heterocycles. The van der Waals surface area contributed by atoms with E-state index in [9.17, 15) is 0 Å². The summed E-state index contributed by atoms with van der Waals surface area (Å²) >= 11 is 0. The van der Waals surface area contributed by atoms with E-state index in [1.54, 1.807) is 0 Å². The first-order valence-electron chi connectivity index (χ1n) is 6.59. The van der Waals surface area contributed by atoms with Crippen LogP contribution in [0.4, 0.5) is 0 Å². The van der Waals surface area contributed by atoms with Crippen molar-refractivity contribution in [1.29, 1.82) is 0 Å². The molecule has 1 N–H and O–H groups in total. The average molecular weight is 213 g/mol. The minimum atomic E-state index is 0.632. The summed E-state index contributed by atoms with van der Waals surface area (Å²) in [6.45, 7) is 16.1. The SMILES string of the molecule is CC(C)CC(CC(C)C)NC(C)C(C)C. The van der Waals surface area contributed by atoms with Gasteiger partial charge in [-0.3, -0.25) is 0 Å². The third-order valence-corrected chi connectivity index (χ3v) is 3.01. The van der Waals surface area contributed by atoms with Crippen LogP contribution in [0.1, 0.15) is 61.3 Å². The summed E-state index contributed by atoms with van der Waals surface area (Å²) in [5.74, 6) is 2.31. The predicted octanol–water partition coefficient (Wildman–Crippen LogP) is 4.08. The lowest BCUT2D eigenvalue weighted by atomic mass is 9.94. The molecule has 0 aromatic carbocycles. The fraction of sp³-hybridized carbons (Fsp3) is 1.00. The van der Waals surface area contributed by atoms with Crippen LogP contribution in [0.5, 0.6) is 0 Å². The van der Waals surface area contributed by atoms with Gasteiger partial charge in [-0.25, -0.2) is 0 Å². The van der Waals surface area contributed by atoms with Gasteiger partial charge in [0.15, 0.2) is 0 Å². The zero-order chi connectivity index (χ0) is 12.0. The first-order valence-corrected chi connectivity index (χ1v) is 6.59. The standard InChI is InChI=1S/C14H31N/c1-10(2)8-14(9-11(3)4)15-13(7)12(5)6/h10-15H,8-9H2,1-7H3. The normalized spacial score (nSPS) is 14.6. The topological polar surface area (TPSA) is 12.0 Å². The minimum Gasteiger partial charge on any atom is -0.311 e. The third kappa shape index (κ3) is 7.84. The van der Waals surface area contributed by atoms with E-state index < -0.39 is 0 Å². The highest BCUT2D eigenvalue weighted by Gasteiger charge is 2.16. The number of nitrogens with one attached hydrogen (secondary N) is 1. The fourth-order valence-corrected chi connectivity index (χ4v) is 1.93. The molecule has 0 spiro atoms. The maximum Gasteiger partial charge on any atom is 0.00745 e. The largest absolute Gasteiger partial charge is 0.311 e. The lowest BCUT2D eigenvalue weighted by molar-refractivity contribution is 0.301. The Morgan fingerprint density at radius 3 is 1.40 bits per heavy atom. The van der Waals surface area contributed by atoms with Crippen LogP contribution in [0.15, 0.2) is 0 Å². The van der Waals surface area contributed by atoms with Gasteiger partial charge in [-0.15, -0.1) is 0 Å². The molecule has 0 bridgehead atoms. The van der Waals surface area contributed by atoms with Crippen LogP contribution < -0.4 is 5.32 Å². The quantitative estimate of drug-likeness (QED) is 0.672. The molecule has 15 heavy (non-hydrogen) atoms. The molecular formula is C14H31N. The molecule has 0 rings (SSSR count). The molecule has 1 unspecified atom stereocenters. The summed E-state index contributed by atoms with van der Waals surface area (Å²) < 4.78 is 0. The first kappa shape index (κ1) is 15.0. The van der Waals surface area contributed by atoms with E-state index in [0.717, 1.165) is 17.8 Å². The van der Waals surface area contributed by atoms with Crippen molar-refractivity contribution in [3.63, 3.8) is 0 Å². The fourth-order valence-electron chi connectivity index (χ4n) is 1.93. The molecule has 0 amide bonds. The van der Waals surface area contributed by atoms with Gasteiger partial charge in [-0.05, 0) is 37.5 Å². The predicted molar refractivity (Wildman–Crippen MR) is 70.1 cm³/mol. The van der Waals surface area contributed by atoms with Crippen LogP contribution in [0.3, 0.4) is 0 Å². The van der Waals surface area contributed by atoms with Gasteiger partial charge in [0, 0.05) is 12.1 Å². The Hall–Kier alpha value is -0.0400. The van der Waals surface area contributed by atoms with Gasteiger partial charge >= 0.3 is 0 Å². The number of hydrogen-bond donors (Lipinski definition) is 1. The van der Waals surface area contributed by atoms with Gasteiger partial charge < -0.3 is 5.32 Å². The monoisotopic (exact) mass is 213 g/mol. The van der Waals surface area contributed by atoms with E-state index in [-0.39, 0.29) is 0 Å². The van der Waals surface area contributed by atoms with Crippen LogP contribution >= 0.6 is 0 Å². The Balaban J connectivity index is 4.11. The summed E-state index contributed by atoms with van der Waals surface area (Å²) in [5.41, 5.74) is 0. The van der Waals surface area contributed by atoms with Crippen LogP contribution in [0, 0.1) is 17.8 Å². The Kier molecular flexibility index (Phi) is 7.25. The molecule has 92 valence electrons. The Bertz CT molecular complexity index is 139. The first-order chi connectivity index (χ1) is 6.82. The van der Waals surface area contributed by atoms with Crippen molar-refractivity contribution in [2.45, 2.75) is 73.4 Å². The summed E-state index contributed by atoms with van der Waals surface area (Å²) in [5, 5.41) is 3.78. The second kappa shape index (κ2) is 7.27. The summed E-state index contributed by atoms with van der Waals surface area (Å²) in [6.07, 6.45) is 2.60. The second-order valence-corrected chi connectivity index (χ2v) is 6.16. The molecule has 0 heterocycles. The van der Waals surface area contributed by atoms with Crippen molar-refractivity contribution < 1.29 is 0 Å². The lowest BCUT2D eigenvalue weighted by Crippen LogP contribution is -2.40. The molecule has 0 aliphatic carbocycles. The van der Waals surface area contributed by atoms with E-state index in [2.05, 4.69) is 53.8 Å². The third-order valence-electron chi connectivity index (χ3n) is 3.01. The zero-order valence-electron chi connectivity index (χ0n) is 11.8. The van der Waals surface area contributed by atoms with Crippen molar-refractivity contribution in [3.05, 3.63) is 0 Å². The van der Waals surface area contributed by atoms with Crippen molar-refractivity contribution in [3.8, 4) is 0 Å². The Morgan fingerprint density at radius 1 is 0.733 bits per heavy atom. The van der Waals surface area contributed by atoms with Crippen LogP contribution in [0.2, 0.25) is 0 Å². The van der Waals surface area contributed by atoms with Crippen LogP contribution in [-0.4, -0.2) is 12.1 Å². The van der Waals surface area contributed by atoms with Crippen LogP contribution in [-0.2, 0) is 0 Å².